The predicted octanol–water partition coefficient (Wildman–Crippen LogP) is 12.9. The number of nitrogens with two attached hydrogens (primary N) is 2. The number of fused-ring (bicyclic) bond motifs is 1. The van der Waals surface area contributed by atoms with E-state index in [0.717, 1.165) is 37.8 Å². The van der Waals surface area contributed by atoms with E-state index in [0.29, 0.717) is 42.1 Å². The molecule has 0 bridgehead atoms. The van der Waals surface area contributed by atoms with Gasteiger partial charge in [0.25, 0.3) is 5.91 Å². The molecule has 2 heterocycles. The summed E-state index contributed by atoms with van der Waals surface area (Å²) in [4.78, 5) is 59.1. The Morgan fingerprint density at radius 1 is 0.565 bits per heavy atom. The van der Waals surface area contributed by atoms with Crippen LogP contribution in [0, 0.1) is 0 Å². The standard InChI is InChI=1S/C56H96N10O3/c1-4-6-8-10-12-14-16-18-20-22-24-26-28-30-32-34-42-59-50(67)41-40-49(55(69)60-43-35-33-31-29-27-25-23-21-19-17-15-13-11-9-7-5-2)63-54(68)46-36-38-48(39-37-46)66(3)45-47-44-61-53-51(62-47)52(57)64-56(58)65-53/h36-39,44,49H,4-35,40-43,45H2,1-3H3,(H,59,67)(H,60,69)(H,63,68)(H4,57,58,61,64,65)/t49-/m0/s1. The lowest BCUT2D eigenvalue weighted by Crippen LogP contribution is -2.47. The van der Waals surface area contributed by atoms with E-state index in [1.807, 2.05) is 24.1 Å². The molecule has 3 aromatic rings. The summed E-state index contributed by atoms with van der Waals surface area (Å²) >= 11 is 0. The number of hydrogen-bond acceptors (Lipinski definition) is 10. The van der Waals surface area contributed by atoms with Crippen LogP contribution in [-0.2, 0) is 16.1 Å². The Morgan fingerprint density at radius 2 is 1.00 bits per heavy atom. The number of rotatable bonds is 43. The molecule has 0 saturated heterocycles. The summed E-state index contributed by atoms with van der Waals surface area (Å²) in [6.07, 6.45) is 43.6. The molecule has 13 heteroatoms. The minimum Gasteiger partial charge on any atom is -0.382 e. The number of nitrogens with one attached hydrogen (secondary N) is 3. The SMILES string of the molecule is CCCCCCCCCCCCCCCCCCNC(=O)CC[C@H](NC(=O)c1ccc(N(C)Cc2cnc3nc(N)nc(N)c3n2)cc1)C(=O)NCCCCCCCCCCCCCCCCCC. The van der Waals surface area contributed by atoms with E-state index in [4.69, 9.17) is 11.5 Å². The van der Waals surface area contributed by atoms with Crippen molar-refractivity contribution in [1.29, 1.82) is 0 Å². The van der Waals surface area contributed by atoms with Gasteiger partial charge in [-0.2, -0.15) is 9.97 Å². The van der Waals surface area contributed by atoms with E-state index in [9.17, 15) is 14.4 Å². The molecule has 1 atom stereocenters. The molecule has 7 N–H and O–H groups in total. The van der Waals surface area contributed by atoms with Crippen LogP contribution >= 0.6 is 0 Å². The monoisotopic (exact) mass is 957 g/mol. The molecule has 0 saturated carbocycles. The van der Waals surface area contributed by atoms with Gasteiger partial charge in [0.05, 0.1) is 18.4 Å². The maximum absolute atomic E-state index is 13.6. The molecule has 0 aliphatic heterocycles. The molecule has 1 aromatic carbocycles. The number of hydrogen-bond donors (Lipinski definition) is 5. The first-order valence-corrected chi connectivity index (χ1v) is 27.9. The van der Waals surface area contributed by atoms with Crippen LogP contribution in [0.15, 0.2) is 30.5 Å². The fourth-order valence-corrected chi connectivity index (χ4v) is 9.04. The summed E-state index contributed by atoms with van der Waals surface area (Å²) in [6, 6.07) is 6.33. The van der Waals surface area contributed by atoms with Crippen LogP contribution in [0.25, 0.3) is 11.2 Å². The van der Waals surface area contributed by atoms with Crippen LogP contribution in [0.3, 0.4) is 0 Å². The van der Waals surface area contributed by atoms with Crippen molar-refractivity contribution in [2.24, 2.45) is 0 Å². The number of anilines is 3. The first kappa shape index (κ1) is 58.8. The molecule has 0 fully saturated rings. The molecular formula is C56H96N10O3. The lowest BCUT2D eigenvalue weighted by molar-refractivity contribution is -0.124. The van der Waals surface area contributed by atoms with Crippen molar-refractivity contribution >= 4 is 46.3 Å². The van der Waals surface area contributed by atoms with Crippen molar-refractivity contribution < 1.29 is 14.4 Å². The molecule has 388 valence electrons. The average Bonchev–Trinajstić information content (AvgIpc) is 3.34. The van der Waals surface area contributed by atoms with E-state index < -0.39 is 6.04 Å². The molecule has 0 unspecified atom stereocenters. The predicted molar refractivity (Wildman–Crippen MR) is 288 cm³/mol. The molecule has 69 heavy (non-hydrogen) atoms. The van der Waals surface area contributed by atoms with Gasteiger partial charge in [0, 0.05) is 37.8 Å². The zero-order chi connectivity index (χ0) is 49.6. The topological polar surface area (TPSA) is 194 Å². The maximum Gasteiger partial charge on any atom is 0.251 e. The number of aromatic nitrogens is 4. The smallest absolute Gasteiger partial charge is 0.251 e. The number of benzene rings is 1. The van der Waals surface area contributed by atoms with Crippen molar-refractivity contribution in [3.05, 3.63) is 41.7 Å². The van der Waals surface area contributed by atoms with E-state index in [2.05, 4.69) is 49.7 Å². The molecule has 0 aliphatic carbocycles. The number of carbonyl (C=O) groups is 3. The van der Waals surface area contributed by atoms with Crippen LogP contribution in [0.5, 0.6) is 0 Å². The second-order valence-electron chi connectivity index (χ2n) is 19.7. The highest BCUT2D eigenvalue weighted by molar-refractivity contribution is 5.98. The first-order chi connectivity index (χ1) is 33.7. The van der Waals surface area contributed by atoms with E-state index in [-0.39, 0.29) is 42.3 Å². The minimum absolute atomic E-state index is 0.0437. The Balaban J connectivity index is 1.38. The molecule has 0 radical (unpaired) electrons. The van der Waals surface area contributed by atoms with Gasteiger partial charge in [-0.1, -0.05) is 206 Å². The summed E-state index contributed by atoms with van der Waals surface area (Å²) in [5, 5.41) is 9.04. The van der Waals surface area contributed by atoms with Crippen molar-refractivity contribution in [3.8, 4) is 0 Å². The zero-order valence-electron chi connectivity index (χ0n) is 43.7. The zero-order valence-corrected chi connectivity index (χ0v) is 43.7. The van der Waals surface area contributed by atoms with Gasteiger partial charge < -0.3 is 32.3 Å². The summed E-state index contributed by atoms with van der Waals surface area (Å²) < 4.78 is 0. The van der Waals surface area contributed by atoms with Crippen molar-refractivity contribution in [3.63, 3.8) is 0 Å². The van der Waals surface area contributed by atoms with E-state index >= 15 is 0 Å². The molecule has 0 aliphatic rings. The third-order valence-corrected chi connectivity index (χ3v) is 13.4. The molecule has 2 aromatic heterocycles. The normalized spacial score (nSPS) is 11.8. The highest BCUT2D eigenvalue weighted by atomic mass is 16.2. The van der Waals surface area contributed by atoms with Crippen LogP contribution in [0.4, 0.5) is 17.5 Å². The second-order valence-corrected chi connectivity index (χ2v) is 19.7. The number of carbonyl (C=O) groups excluding carboxylic acids is 3. The summed E-state index contributed by atoms with van der Waals surface area (Å²) in [5.74, 6) is -0.499. The van der Waals surface area contributed by atoms with Gasteiger partial charge in [0.15, 0.2) is 17.0 Å². The Hall–Kier alpha value is -4.55. The Kier molecular flexibility index (Phi) is 32.6. The molecule has 0 spiro atoms. The Bertz CT molecular complexity index is 1810. The number of unbranched alkanes of at least 4 members (excludes halogenated alkanes) is 30. The fraction of sp³-hybridized carbons (Fsp3) is 0.732. The van der Waals surface area contributed by atoms with Crippen LogP contribution < -0.4 is 32.3 Å². The number of nitrogens with zero attached hydrogens (tertiary/aromatic N) is 5. The van der Waals surface area contributed by atoms with Crippen LogP contribution in [-0.4, -0.2) is 63.8 Å². The van der Waals surface area contributed by atoms with Crippen molar-refractivity contribution in [2.45, 2.75) is 245 Å². The summed E-state index contributed by atoms with van der Waals surface area (Å²) in [5.41, 5.74) is 14.4. The van der Waals surface area contributed by atoms with E-state index in [1.54, 1.807) is 18.3 Å². The van der Waals surface area contributed by atoms with Gasteiger partial charge in [0.1, 0.15) is 6.04 Å². The maximum atomic E-state index is 13.6. The summed E-state index contributed by atoms with van der Waals surface area (Å²) in [6.45, 7) is 6.14. The van der Waals surface area contributed by atoms with Gasteiger partial charge in [-0.3, -0.25) is 14.4 Å². The quantitative estimate of drug-likeness (QED) is 0.0341. The van der Waals surface area contributed by atoms with Gasteiger partial charge in [0.2, 0.25) is 17.8 Å². The second kappa shape index (κ2) is 38.2. The molecule has 13 nitrogen and oxygen atoms in total. The lowest BCUT2D eigenvalue weighted by atomic mass is 10.0. The Labute approximate surface area is 418 Å². The lowest BCUT2D eigenvalue weighted by Gasteiger charge is -2.20. The third-order valence-electron chi connectivity index (χ3n) is 13.4. The van der Waals surface area contributed by atoms with Gasteiger partial charge >= 0.3 is 0 Å². The first-order valence-electron chi connectivity index (χ1n) is 27.9. The summed E-state index contributed by atoms with van der Waals surface area (Å²) in [7, 11) is 1.91. The minimum atomic E-state index is -0.833. The average molecular weight is 957 g/mol. The number of amides is 3. The van der Waals surface area contributed by atoms with Crippen LogP contribution in [0.1, 0.15) is 248 Å². The molecule has 3 amide bonds. The molecule has 3 rings (SSSR count). The van der Waals surface area contributed by atoms with Crippen molar-refractivity contribution in [2.75, 3.05) is 36.5 Å². The van der Waals surface area contributed by atoms with Crippen molar-refractivity contribution in [1.82, 2.24) is 35.9 Å². The fourth-order valence-electron chi connectivity index (χ4n) is 9.04. The van der Waals surface area contributed by atoms with Gasteiger partial charge in [-0.15, -0.1) is 0 Å². The Morgan fingerprint density at radius 3 is 1.46 bits per heavy atom. The largest absolute Gasteiger partial charge is 0.382 e. The molecular weight excluding hydrogens is 861 g/mol. The van der Waals surface area contributed by atoms with Gasteiger partial charge in [-0.05, 0) is 43.5 Å². The van der Waals surface area contributed by atoms with Gasteiger partial charge in [-0.25, -0.2) is 9.97 Å². The van der Waals surface area contributed by atoms with E-state index in [1.165, 1.54) is 173 Å². The third kappa shape index (κ3) is 27.4. The number of nitrogen functional groups attached to an aromatic ring is 2. The van der Waals surface area contributed by atoms with Crippen LogP contribution in [0.2, 0.25) is 0 Å². The highest BCUT2D eigenvalue weighted by Crippen LogP contribution is 2.20. The highest BCUT2D eigenvalue weighted by Gasteiger charge is 2.23.